The van der Waals surface area contributed by atoms with E-state index in [0.29, 0.717) is 27.7 Å². The van der Waals surface area contributed by atoms with Crippen LogP contribution in [-0.4, -0.2) is 44.3 Å². The molecular formula is C33H33Cl2N3O4S. The van der Waals surface area contributed by atoms with E-state index < -0.39 is 28.5 Å². The number of carbonyl (C=O) groups is 2. The molecule has 4 aromatic carbocycles. The maximum atomic E-state index is 14.4. The summed E-state index contributed by atoms with van der Waals surface area (Å²) in [6.45, 7) is 3.33. The summed E-state index contributed by atoms with van der Waals surface area (Å²) in [6.07, 6.45) is 0.223. The monoisotopic (exact) mass is 637 g/mol. The van der Waals surface area contributed by atoms with Crippen molar-refractivity contribution in [1.82, 2.24) is 10.2 Å². The topological polar surface area (TPSA) is 86.8 Å². The summed E-state index contributed by atoms with van der Waals surface area (Å²) in [5.74, 6) is -0.913. The summed E-state index contributed by atoms with van der Waals surface area (Å²) in [7, 11) is -4.21. The van der Waals surface area contributed by atoms with Crippen LogP contribution in [0, 0.1) is 6.92 Å². The molecule has 0 saturated heterocycles. The highest BCUT2D eigenvalue weighted by molar-refractivity contribution is 7.92. The van der Waals surface area contributed by atoms with Gasteiger partial charge in [0.15, 0.2) is 0 Å². The zero-order chi connectivity index (χ0) is 31.0. The number of hydrogen-bond acceptors (Lipinski definition) is 4. The molecule has 1 N–H and O–H groups in total. The predicted molar refractivity (Wildman–Crippen MR) is 172 cm³/mol. The van der Waals surface area contributed by atoms with E-state index >= 15 is 0 Å². The molecule has 0 bridgehead atoms. The molecule has 1 atom stereocenters. The van der Waals surface area contributed by atoms with Crippen LogP contribution in [0.3, 0.4) is 0 Å². The van der Waals surface area contributed by atoms with Crippen LogP contribution in [0.1, 0.15) is 23.6 Å². The summed E-state index contributed by atoms with van der Waals surface area (Å²) in [5.41, 5.74) is 2.31. The minimum atomic E-state index is -4.21. The molecule has 0 spiro atoms. The average molecular weight is 639 g/mol. The first kappa shape index (κ1) is 32.1. The number of amides is 2. The molecule has 0 aliphatic rings. The quantitative estimate of drug-likeness (QED) is 0.198. The van der Waals surface area contributed by atoms with Gasteiger partial charge in [-0.15, -0.1) is 0 Å². The second-order valence-electron chi connectivity index (χ2n) is 9.96. The number of anilines is 1. The number of carbonyl (C=O) groups excluding carboxylic acids is 2. The number of hydrogen-bond donors (Lipinski definition) is 1. The average Bonchev–Trinajstić information content (AvgIpc) is 3.00. The van der Waals surface area contributed by atoms with Crippen LogP contribution in [0.25, 0.3) is 0 Å². The van der Waals surface area contributed by atoms with Gasteiger partial charge in [-0.25, -0.2) is 8.42 Å². The summed E-state index contributed by atoms with van der Waals surface area (Å²) in [6, 6.07) is 28.3. The molecule has 10 heteroatoms. The lowest BCUT2D eigenvalue weighted by Gasteiger charge is -2.34. The van der Waals surface area contributed by atoms with E-state index in [1.807, 2.05) is 36.4 Å². The Morgan fingerprint density at radius 1 is 0.837 bits per heavy atom. The van der Waals surface area contributed by atoms with Gasteiger partial charge in [0.1, 0.15) is 12.6 Å². The molecule has 0 aliphatic carbocycles. The molecule has 0 radical (unpaired) electrons. The molecule has 0 saturated carbocycles. The highest BCUT2D eigenvalue weighted by Gasteiger charge is 2.35. The first-order valence-corrected chi connectivity index (χ1v) is 16.0. The highest BCUT2D eigenvalue weighted by atomic mass is 35.5. The fraction of sp³-hybridized carbons (Fsp3) is 0.212. The van der Waals surface area contributed by atoms with Gasteiger partial charge in [0.2, 0.25) is 11.8 Å². The SMILES string of the molecule is CCNC(=O)[C@@H](Cc1ccccc1)N(Cc1cccc(Cl)c1)C(=O)CN(c1cccc(Cl)c1C)S(=O)(=O)c1ccccc1. The highest BCUT2D eigenvalue weighted by Crippen LogP contribution is 2.31. The number of rotatable bonds is 12. The van der Waals surface area contributed by atoms with Gasteiger partial charge >= 0.3 is 0 Å². The van der Waals surface area contributed by atoms with Crippen molar-refractivity contribution in [3.63, 3.8) is 0 Å². The third-order valence-corrected chi connectivity index (χ3v) is 9.40. The summed E-state index contributed by atoms with van der Waals surface area (Å²) in [5, 5.41) is 3.68. The largest absolute Gasteiger partial charge is 0.355 e. The predicted octanol–water partition coefficient (Wildman–Crippen LogP) is 6.27. The Morgan fingerprint density at radius 3 is 2.12 bits per heavy atom. The zero-order valence-electron chi connectivity index (χ0n) is 23.9. The normalized spacial score (nSPS) is 11.9. The fourth-order valence-corrected chi connectivity index (χ4v) is 6.65. The van der Waals surface area contributed by atoms with Crippen LogP contribution in [0.4, 0.5) is 5.69 Å². The van der Waals surface area contributed by atoms with Gasteiger partial charge in [-0.05, 0) is 66.9 Å². The van der Waals surface area contributed by atoms with E-state index in [2.05, 4.69) is 5.32 Å². The molecule has 0 aliphatic heterocycles. The van der Waals surface area contributed by atoms with Gasteiger partial charge in [0, 0.05) is 29.6 Å². The first-order chi connectivity index (χ1) is 20.6. The van der Waals surface area contributed by atoms with Crippen LogP contribution in [0.2, 0.25) is 10.0 Å². The van der Waals surface area contributed by atoms with Crippen molar-refractivity contribution in [3.05, 3.63) is 130 Å². The molecule has 0 heterocycles. The Hall–Kier alpha value is -3.85. The third kappa shape index (κ3) is 7.96. The standard InChI is InChI=1S/C33H33Cl2N3O4S/c1-3-36-33(40)31(21-25-12-6-4-7-13-25)37(22-26-14-10-15-27(34)20-26)32(39)23-38(30-19-11-18-29(35)24(30)2)43(41,42)28-16-8-5-9-17-28/h4-20,31H,3,21-23H2,1-2H3,(H,36,40)/t31-/m1/s1. The number of benzene rings is 4. The Kier molecular flexibility index (Phi) is 10.9. The summed E-state index contributed by atoms with van der Waals surface area (Å²) >= 11 is 12.7. The van der Waals surface area contributed by atoms with Crippen LogP contribution < -0.4 is 9.62 Å². The van der Waals surface area contributed by atoms with E-state index in [9.17, 15) is 18.0 Å². The molecule has 0 aromatic heterocycles. The Balaban J connectivity index is 1.82. The van der Waals surface area contributed by atoms with E-state index in [4.69, 9.17) is 23.2 Å². The summed E-state index contributed by atoms with van der Waals surface area (Å²) < 4.78 is 29.2. The van der Waals surface area contributed by atoms with Crippen molar-refractivity contribution in [3.8, 4) is 0 Å². The minimum absolute atomic E-state index is 0.0214. The number of halogens is 2. The molecule has 224 valence electrons. The van der Waals surface area contributed by atoms with Crippen molar-refractivity contribution in [1.29, 1.82) is 0 Å². The van der Waals surface area contributed by atoms with Crippen molar-refractivity contribution in [2.45, 2.75) is 37.8 Å². The van der Waals surface area contributed by atoms with Crippen LogP contribution >= 0.6 is 23.2 Å². The van der Waals surface area contributed by atoms with E-state index in [-0.39, 0.29) is 29.5 Å². The summed E-state index contributed by atoms with van der Waals surface area (Å²) in [4.78, 5) is 29.4. The molecule has 4 aromatic rings. The van der Waals surface area contributed by atoms with Gasteiger partial charge in [-0.2, -0.15) is 0 Å². The number of nitrogens with zero attached hydrogens (tertiary/aromatic N) is 2. The van der Waals surface area contributed by atoms with Gasteiger partial charge in [0.25, 0.3) is 10.0 Å². The zero-order valence-corrected chi connectivity index (χ0v) is 26.2. The molecule has 4 rings (SSSR count). The van der Waals surface area contributed by atoms with Crippen LogP contribution in [0.15, 0.2) is 108 Å². The van der Waals surface area contributed by atoms with Crippen LogP contribution in [0.5, 0.6) is 0 Å². The Bertz CT molecular complexity index is 1670. The molecule has 0 fully saturated rings. The lowest BCUT2D eigenvalue weighted by molar-refractivity contribution is -0.140. The maximum Gasteiger partial charge on any atom is 0.264 e. The molecule has 2 amide bonds. The number of likely N-dealkylation sites (N-methyl/N-ethyl adjacent to an activating group) is 1. The molecule has 0 unspecified atom stereocenters. The lowest BCUT2D eigenvalue weighted by Crippen LogP contribution is -2.53. The number of sulfonamides is 1. The first-order valence-electron chi connectivity index (χ1n) is 13.8. The lowest BCUT2D eigenvalue weighted by atomic mass is 10.0. The fourth-order valence-electron chi connectivity index (χ4n) is 4.78. The molecular weight excluding hydrogens is 605 g/mol. The van der Waals surface area contributed by atoms with Gasteiger partial charge in [0.05, 0.1) is 10.6 Å². The second kappa shape index (κ2) is 14.6. The van der Waals surface area contributed by atoms with Crippen molar-refractivity contribution in [2.75, 3.05) is 17.4 Å². The Morgan fingerprint density at radius 2 is 1.47 bits per heavy atom. The Labute approximate surface area is 263 Å². The van der Waals surface area contributed by atoms with Gasteiger partial charge in [-0.1, -0.05) is 89.9 Å². The van der Waals surface area contributed by atoms with Crippen molar-refractivity contribution in [2.24, 2.45) is 0 Å². The van der Waals surface area contributed by atoms with Gasteiger partial charge < -0.3 is 10.2 Å². The smallest absolute Gasteiger partial charge is 0.264 e. The van der Waals surface area contributed by atoms with E-state index in [1.165, 1.54) is 17.0 Å². The molecule has 7 nitrogen and oxygen atoms in total. The maximum absolute atomic E-state index is 14.4. The van der Waals surface area contributed by atoms with Crippen molar-refractivity contribution < 1.29 is 18.0 Å². The number of nitrogens with one attached hydrogen (secondary N) is 1. The second-order valence-corrected chi connectivity index (χ2v) is 12.7. The van der Waals surface area contributed by atoms with Gasteiger partial charge in [-0.3, -0.25) is 13.9 Å². The van der Waals surface area contributed by atoms with Crippen LogP contribution in [-0.2, 0) is 32.6 Å². The third-order valence-electron chi connectivity index (χ3n) is 6.98. The minimum Gasteiger partial charge on any atom is -0.355 e. The molecule has 43 heavy (non-hydrogen) atoms. The van der Waals surface area contributed by atoms with E-state index in [0.717, 1.165) is 9.87 Å². The van der Waals surface area contributed by atoms with Crippen molar-refractivity contribution >= 4 is 50.7 Å². The van der Waals surface area contributed by atoms with E-state index in [1.54, 1.807) is 68.4 Å².